The maximum atomic E-state index is 11.4. The molecular formula is C14H23N3O2. The van der Waals surface area contributed by atoms with Gasteiger partial charge in [-0.25, -0.2) is 4.79 Å². The molecule has 5 nitrogen and oxygen atoms in total. The molecule has 1 fully saturated rings. The van der Waals surface area contributed by atoms with Crippen LogP contribution in [-0.2, 0) is 4.74 Å². The van der Waals surface area contributed by atoms with Gasteiger partial charge in [0.2, 0.25) is 0 Å². The maximum absolute atomic E-state index is 11.4. The molecule has 19 heavy (non-hydrogen) atoms. The summed E-state index contributed by atoms with van der Waals surface area (Å²) in [5.74, 6) is 0.253. The molecule has 2 rings (SSSR count). The van der Waals surface area contributed by atoms with Crippen molar-refractivity contribution in [3.8, 4) is 0 Å². The van der Waals surface area contributed by atoms with Crippen molar-refractivity contribution in [1.82, 2.24) is 4.90 Å². The van der Waals surface area contributed by atoms with E-state index in [1.165, 1.54) is 0 Å². The molecule has 0 saturated heterocycles. The van der Waals surface area contributed by atoms with Crippen LogP contribution < -0.4 is 5.73 Å². The number of nitrogens with two attached hydrogens (primary N) is 1. The molecule has 106 valence electrons. The summed E-state index contributed by atoms with van der Waals surface area (Å²) in [4.78, 5) is 17.5. The molecule has 0 aromatic rings. The summed E-state index contributed by atoms with van der Waals surface area (Å²) in [6, 6.07) is 0. The van der Waals surface area contributed by atoms with Crippen molar-refractivity contribution < 1.29 is 9.53 Å². The van der Waals surface area contributed by atoms with Crippen LogP contribution in [0, 0.1) is 11.3 Å². The van der Waals surface area contributed by atoms with E-state index in [1.807, 2.05) is 12.4 Å². The zero-order valence-electron chi connectivity index (χ0n) is 11.9. The van der Waals surface area contributed by atoms with Crippen molar-refractivity contribution in [2.45, 2.75) is 45.8 Å². The lowest BCUT2D eigenvalue weighted by molar-refractivity contribution is -0.134. The third-order valence-corrected chi connectivity index (χ3v) is 4.10. The average molecular weight is 265 g/mol. The fraction of sp³-hybridized carbons (Fsp3) is 0.714. The summed E-state index contributed by atoms with van der Waals surface area (Å²) >= 11 is 0. The summed E-state index contributed by atoms with van der Waals surface area (Å²) in [6.07, 6.45) is 7.64. The monoisotopic (exact) mass is 265 g/mol. The minimum atomic E-state index is -0.702. The molecule has 2 atom stereocenters. The van der Waals surface area contributed by atoms with E-state index < -0.39 is 11.8 Å². The van der Waals surface area contributed by atoms with Crippen LogP contribution in [0.15, 0.2) is 17.4 Å². The quantitative estimate of drug-likeness (QED) is 0.834. The lowest BCUT2D eigenvalue weighted by atomic mass is 9.75. The highest BCUT2D eigenvalue weighted by atomic mass is 16.6. The zero-order chi connectivity index (χ0) is 14.1. The number of hydrogen-bond donors (Lipinski definition) is 1. The Morgan fingerprint density at radius 3 is 2.79 bits per heavy atom. The minimum absolute atomic E-state index is 0.0500. The Balaban J connectivity index is 2.36. The van der Waals surface area contributed by atoms with Gasteiger partial charge in [-0.3, -0.25) is 4.99 Å². The number of rotatable bonds is 2. The van der Waals surface area contributed by atoms with Gasteiger partial charge in [0, 0.05) is 31.0 Å². The molecule has 0 aromatic heterocycles. The average Bonchev–Trinajstić information content (AvgIpc) is 2.74. The Bertz CT molecular complexity index is 411. The molecule has 1 heterocycles. The maximum Gasteiger partial charge on any atom is 0.406 e. The fourth-order valence-electron chi connectivity index (χ4n) is 3.42. The summed E-state index contributed by atoms with van der Waals surface area (Å²) in [7, 11) is 0. The van der Waals surface area contributed by atoms with Crippen LogP contribution >= 0.6 is 0 Å². The predicted molar refractivity (Wildman–Crippen MR) is 74.5 cm³/mol. The van der Waals surface area contributed by atoms with Gasteiger partial charge >= 0.3 is 6.09 Å². The van der Waals surface area contributed by atoms with Crippen molar-refractivity contribution in [1.29, 1.82) is 0 Å². The van der Waals surface area contributed by atoms with Gasteiger partial charge in [0.25, 0.3) is 0 Å². The predicted octanol–water partition coefficient (Wildman–Crippen LogP) is 2.48. The van der Waals surface area contributed by atoms with Gasteiger partial charge in [-0.1, -0.05) is 20.8 Å². The third-order valence-electron chi connectivity index (χ3n) is 4.10. The largest absolute Gasteiger partial charge is 0.423 e. The van der Waals surface area contributed by atoms with Gasteiger partial charge in [-0.2, -0.15) is 0 Å². The van der Waals surface area contributed by atoms with Gasteiger partial charge < -0.3 is 15.4 Å². The first-order valence-electron chi connectivity index (χ1n) is 6.80. The molecule has 0 aromatic carbocycles. The van der Waals surface area contributed by atoms with E-state index in [-0.39, 0.29) is 11.3 Å². The normalized spacial score (nSPS) is 30.7. The number of hydrogen-bond acceptors (Lipinski definition) is 4. The van der Waals surface area contributed by atoms with E-state index in [4.69, 9.17) is 10.5 Å². The van der Waals surface area contributed by atoms with Crippen LogP contribution in [0.3, 0.4) is 0 Å². The van der Waals surface area contributed by atoms with Crippen LogP contribution in [0.2, 0.25) is 0 Å². The van der Waals surface area contributed by atoms with Crippen LogP contribution in [0.1, 0.15) is 40.0 Å². The second-order valence-corrected chi connectivity index (χ2v) is 6.36. The van der Waals surface area contributed by atoms with Gasteiger partial charge in [-0.05, 0) is 18.3 Å². The second-order valence-electron chi connectivity index (χ2n) is 6.36. The molecule has 1 amide bonds. The summed E-state index contributed by atoms with van der Waals surface area (Å²) in [5.41, 5.74) is 4.74. The summed E-state index contributed by atoms with van der Waals surface area (Å²) in [6.45, 7) is 7.20. The minimum Gasteiger partial charge on any atom is -0.423 e. The number of carbonyl (C=O) groups is 1. The number of amides is 1. The van der Waals surface area contributed by atoms with Crippen LogP contribution in [-0.4, -0.2) is 29.5 Å². The highest BCUT2D eigenvalue weighted by Crippen LogP contribution is 2.50. The Morgan fingerprint density at radius 2 is 2.26 bits per heavy atom. The van der Waals surface area contributed by atoms with E-state index >= 15 is 0 Å². The molecule has 0 radical (unpaired) electrons. The number of aliphatic imine (C=N–C) groups is 1. The number of carbonyl (C=O) groups excluding carboxylic acids is 1. The van der Waals surface area contributed by atoms with Gasteiger partial charge in [-0.15, -0.1) is 0 Å². The van der Waals surface area contributed by atoms with Crippen LogP contribution in [0.25, 0.3) is 0 Å². The highest BCUT2D eigenvalue weighted by molar-refractivity contribution is 5.66. The molecule has 1 saturated carbocycles. The molecule has 2 aliphatic rings. The molecule has 2 N–H and O–H groups in total. The summed E-state index contributed by atoms with van der Waals surface area (Å²) in [5, 5.41) is 0. The lowest BCUT2D eigenvalue weighted by Gasteiger charge is -2.47. The highest BCUT2D eigenvalue weighted by Gasteiger charge is 2.54. The Morgan fingerprint density at radius 1 is 1.53 bits per heavy atom. The number of ether oxygens (including phenoxy) is 1. The molecule has 1 aliphatic heterocycles. The zero-order valence-corrected chi connectivity index (χ0v) is 11.9. The smallest absolute Gasteiger partial charge is 0.406 e. The van der Waals surface area contributed by atoms with Crippen LogP contribution in [0.5, 0.6) is 0 Å². The van der Waals surface area contributed by atoms with Gasteiger partial charge in [0.1, 0.15) is 0 Å². The first-order chi connectivity index (χ1) is 8.86. The molecule has 0 bridgehead atoms. The summed E-state index contributed by atoms with van der Waals surface area (Å²) < 4.78 is 5.63. The van der Waals surface area contributed by atoms with Gasteiger partial charge in [0.05, 0.1) is 6.54 Å². The molecule has 1 aliphatic carbocycles. The first-order valence-corrected chi connectivity index (χ1v) is 6.80. The number of nitrogens with zero attached hydrogens (tertiary/aromatic N) is 2. The second kappa shape index (κ2) is 4.87. The third kappa shape index (κ3) is 2.60. The van der Waals surface area contributed by atoms with E-state index in [2.05, 4.69) is 30.7 Å². The number of primary amides is 1. The van der Waals surface area contributed by atoms with Crippen molar-refractivity contribution >= 4 is 12.3 Å². The van der Waals surface area contributed by atoms with Crippen LogP contribution in [0.4, 0.5) is 4.79 Å². The molecule has 0 spiro atoms. The molecule has 2 unspecified atom stereocenters. The molecular weight excluding hydrogens is 242 g/mol. The topological polar surface area (TPSA) is 67.9 Å². The van der Waals surface area contributed by atoms with Crippen molar-refractivity contribution in [2.24, 2.45) is 22.1 Å². The van der Waals surface area contributed by atoms with E-state index in [9.17, 15) is 4.79 Å². The van der Waals surface area contributed by atoms with Crippen molar-refractivity contribution in [2.75, 3.05) is 6.54 Å². The lowest BCUT2D eigenvalue weighted by Crippen LogP contribution is -2.56. The molecule has 5 heteroatoms. The Hall–Kier alpha value is -1.52. The SMILES string of the molecule is CC(C)(C)C1CCCC1(OC(N)=O)N1C=CN=CC1. The van der Waals surface area contributed by atoms with E-state index in [1.54, 1.807) is 6.20 Å². The van der Waals surface area contributed by atoms with E-state index in [0.29, 0.717) is 6.54 Å². The first kappa shape index (κ1) is 13.9. The standard InChI is InChI=1S/C14H23N3O2/c1-13(2,3)11-5-4-6-14(11,19-12(15)18)17-9-7-16-8-10-17/h7-9,11H,4-6,10H2,1-3H3,(H2,15,18). The van der Waals surface area contributed by atoms with Gasteiger partial charge in [0.15, 0.2) is 5.72 Å². The Labute approximate surface area is 114 Å². The Kier molecular flexibility index (Phi) is 3.56. The van der Waals surface area contributed by atoms with E-state index in [0.717, 1.165) is 19.3 Å². The van der Waals surface area contributed by atoms with Crippen molar-refractivity contribution in [3.05, 3.63) is 12.4 Å². The van der Waals surface area contributed by atoms with Crippen molar-refractivity contribution in [3.63, 3.8) is 0 Å². The fourth-order valence-corrected chi connectivity index (χ4v) is 3.42.